The molecule has 0 spiro atoms. The molecule has 1 aromatic heterocycles. The number of ether oxygens (including phenoxy) is 1. The molecule has 1 aromatic carbocycles. The fourth-order valence-electron chi connectivity index (χ4n) is 1.59. The molecule has 0 saturated carbocycles. The maximum Gasteiger partial charge on any atom is 0.418 e. The van der Waals surface area contributed by atoms with Crippen molar-refractivity contribution in [3.8, 4) is 5.88 Å². The maximum absolute atomic E-state index is 12.2. The van der Waals surface area contributed by atoms with E-state index >= 15 is 0 Å². The molecule has 0 unspecified atom stereocenters. The maximum atomic E-state index is 12.2. The van der Waals surface area contributed by atoms with Gasteiger partial charge in [-0.3, -0.25) is 0 Å². The number of nitrogens with zero attached hydrogens (tertiary/aromatic N) is 1. The van der Waals surface area contributed by atoms with Gasteiger partial charge in [0.15, 0.2) is 0 Å². The number of aromatic nitrogens is 1. The summed E-state index contributed by atoms with van der Waals surface area (Å²) in [6.45, 7) is 4.11. The molecule has 6 heteroatoms. The monoisotopic (exact) mass is 294 g/mol. The first kappa shape index (κ1) is 14.3. The molecule has 0 saturated heterocycles. The second-order valence-corrected chi connectivity index (χ2v) is 5.67. The number of pyridine rings is 1. The van der Waals surface area contributed by atoms with Crippen molar-refractivity contribution < 1.29 is 22.2 Å². The molecule has 0 aliphatic rings. The smallest absolute Gasteiger partial charge is 0.418 e. The van der Waals surface area contributed by atoms with Gasteiger partial charge in [-0.2, -0.15) is 8.42 Å². The molecule has 2 rings (SSSR count). The molecular formula is C14H16NO4S+. The highest BCUT2D eigenvalue weighted by molar-refractivity contribution is 7.86. The Balaban J connectivity index is 2.31. The van der Waals surface area contributed by atoms with E-state index in [0.717, 1.165) is 10.3 Å². The van der Waals surface area contributed by atoms with Crippen LogP contribution in [0.25, 0.3) is 0 Å². The van der Waals surface area contributed by atoms with E-state index in [0.29, 0.717) is 12.5 Å². The lowest BCUT2D eigenvalue weighted by molar-refractivity contribution is -0.858. The molecule has 1 heterocycles. The van der Waals surface area contributed by atoms with Gasteiger partial charge in [-0.15, -0.1) is 4.28 Å². The first-order chi connectivity index (χ1) is 9.53. The molecular weight excluding hydrogens is 278 g/mol. The largest absolute Gasteiger partial charge is 0.442 e. The Labute approximate surface area is 118 Å². The number of rotatable bonds is 5. The second kappa shape index (κ2) is 5.92. The van der Waals surface area contributed by atoms with Crippen molar-refractivity contribution in [1.82, 2.24) is 0 Å². The SMILES string of the molecule is CCOc1cccc[n+]1OS(=O)(=O)c1ccc(C)cc1. The quantitative estimate of drug-likeness (QED) is 0.784. The van der Waals surface area contributed by atoms with Crippen LogP contribution in [0.15, 0.2) is 53.6 Å². The molecule has 0 aliphatic heterocycles. The van der Waals surface area contributed by atoms with Crippen LogP contribution in [-0.4, -0.2) is 15.0 Å². The molecule has 0 fully saturated rings. The Bertz CT molecular complexity index is 681. The van der Waals surface area contributed by atoms with Crippen LogP contribution >= 0.6 is 0 Å². The summed E-state index contributed by atoms with van der Waals surface area (Å²) in [5.74, 6) is 0.325. The van der Waals surface area contributed by atoms with E-state index in [4.69, 9.17) is 9.02 Å². The van der Waals surface area contributed by atoms with Crippen LogP contribution in [-0.2, 0) is 10.1 Å². The van der Waals surface area contributed by atoms with Crippen LogP contribution < -0.4 is 13.8 Å². The van der Waals surface area contributed by atoms with E-state index in [9.17, 15) is 8.42 Å². The Kier molecular flexibility index (Phi) is 4.24. The molecule has 106 valence electrons. The highest BCUT2D eigenvalue weighted by atomic mass is 32.2. The van der Waals surface area contributed by atoms with Crippen molar-refractivity contribution in [1.29, 1.82) is 0 Å². The van der Waals surface area contributed by atoms with Crippen molar-refractivity contribution in [2.45, 2.75) is 18.7 Å². The predicted molar refractivity (Wildman–Crippen MR) is 72.8 cm³/mol. The van der Waals surface area contributed by atoms with E-state index in [-0.39, 0.29) is 4.90 Å². The lowest BCUT2D eigenvalue weighted by Crippen LogP contribution is -2.46. The molecule has 2 aromatic rings. The Morgan fingerprint density at radius 1 is 1.10 bits per heavy atom. The second-order valence-electron chi connectivity index (χ2n) is 4.14. The summed E-state index contributed by atoms with van der Waals surface area (Å²) in [5.41, 5.74) is 0.978. The summed E-state index contributed by atoms with van der Waals surface area (Å²) in [6, 6.07) is 11.5. The van der Waals surface area contributed by atoms with E-state index in [1.54, 1.807) is 30.3 Å². The van der Waals surface area contributed by atoms with Gasteiger partial charge in [-0.05, 0) is 32.0 Å². The third-order valence-electron chi connectivity index (χ3n) is 2.57. The van der Waals surface area contributed by atoms with Gasteiger partial charge in [0.2, 0.25) is 6.20 Å². The zero-order valence-electron chi connectivity index (χ0n) is 11.3. The highest BCUT2D eigenvalue weighted by Crippen LogP contribution is 2.11. The summed E-state index contributed by atoms with van der Waals surface area (Å²) in [4.78, 5) is 0.0990. The van der Waals surface area contributed by atoms with Gasteiger partial charge in [0.1, 0.15) is 4.90 Å². The third kappa shape index (κ3) is 3.27. The van der Waals surface area contributed by atoms with Crippen LogP contribution in [0.2, 0.25) is 0 Å². The molecule has 0 N–H and O–H groups in total. The summed E-state index contributed by atoms with van der Waals surface area (Å²) in [5, 5.41) is 0. The topological polar surface area (TPSA) is 56.5 Å². The molecule has 0 amide bonds. The number of hydrogen-bond acceptors (Lipinski definition) is 4. The van der Waals surface area contributed by atoms with Crippen LogP contribution in [0.5, 0.6) is 5.88 Å². The Morgan fingerprint density at radius 2 is 1.80 bits per heavy atom. The van der Waals surface area contributed by atoms with Crippen LogP contribution in [0.3, 0.4) is 0 Å². The fourth-order valence-corrected chi connectivity index (χ4v) is 2.48. The van der Waals surface area contributed by atoms with Gasteiger partial charge in [0.25, 0.3) is 0 Å². The van der Waals surface area contributed by atoms with Crippen LogP contribution in [0, 0.1) is 6.92 Å². The van der Waals surface area contributed by atoms with E-state index in [2.05, 4.69) is 0 Å². The molecule has 0 bridgehead atoms. The summed E-state index contributed by atoms with van der Waals surface area (Å²) in [6.07, 6.45) is 1.48. The van der Waals surface area contributed by atoms with E-state index < -0.39 is 10.1 Å². The van der Waals surface area contributed by atoms with Gasteiger partial charge >= 0.3 is 16.0 Å². The minimum atomic E-state index is -3.89. The highest BCUT2D eigenvalue weighted by Gasteiger charge is 2.25. The normalized spacial score (nSPS) is 11.1. The molecule has 0 aliphatic carbocycles. The van der Waals surface area contributed by atoms with Crippen molar-refractivity contribution in [2.24, 2.45) is 0 Å². The van der Waals surface area contributed by atoms with Crippen molar-refractivity contribution >= 4 is 10.1 Å². The Morgan fingerprint density at radius 3 is 2.45 bits per heavy atom. The molecule has 0 atom stereocenters. The van der Waals surface area contributed by atoms with Gasteiger partial charge in [0, 0.05) is 6.07 Å². The van der Waals surface area contributed by atoms with Crippen molar-refractivity contribution in [3.63, 3.8) is 0 Å². The number of benzene rings is 1. The standard InChI is InChI=1S/C14H16NO4S/c1-3-18-14-6-4-5-11-15(14)19-20(16,17)13-9-7-12(2)8-10-13/h4-11H,3H2,1-2H3/q+1. The first-order valence-corrected chi connectivity index (χ1v) is 7.59. The van der Waals surface area contributed by atoms with Gasteiger partial charge in [0.05, 0.1) is 17.4 Å². The van der Waals surface area contributed by atoms with Crippen LogP contribution in [0.4, 0.5) is 0 Å². The molecule has 0 radical (unpaired) electrons. The summed E-state index contributed by atoms with van der Waals surface area (Å²) >= 11 is 0. The Hall–Kier alpha value is -2.08. The lowest BCUT2D eigenvalue weighted by Gasteiger charge is -2.03. The van der Waals surface area contributed by atoms with Gasteiger partial charge < -0.3 is 4.74 Å². The van der Waals surface area contributed by atoms with Gasteiger partial charge in [-0.25, -0.2) is 0 Å². The van der Waals surface area contributed by atoms with Crippen molar-refractivity contribution in [2.75, 3.05) is 6.61 Å². The minimum absolute atomic E-state index is 0.0990. The minimum Gasteiger partial charge on any atom is -0.442 e. The predicted octanol–water partition coefficient (Wildman–Crippen LogP) is 1.50. The fraction of sp³-hybridized carbons (Fsp3) is 0.214. The lowest BCUT2D eigenvalue weighted by atomic mass is 10.2. The van der Waals surface area contributed by atoms with E-state index in [1.165, 1.54) is 18.3 Å². The summed E-state index contributed by atoms with van der Waals surface area (Å²) in [7, 11) is -3.89. The average Bonchev–Trinajstić information content (AvgIpc) is 2.41. The molecule has 20 heavy (non-hydrogen) atoms. The van der Waals surface area contributed by atoms with Gasteiger partial charge in [-0.1, -0.05) is 17.7 Å². The zero-order chi connectivity index (χ0) is 14.6. The van der Waals surface area contributed by atoms with E-state index in [1.807, 2.05) is 13.8 Å². The first-order valence-electron chi connectivity index (χ1n) is 6.18. The average molecular weight is 294 g/mol. The zero-order valence-corrected chi connectivity index (χ0v) is 12.1. The third-order valence-corrected chi connectivity index (χ3v) is 3.78. The van der Waals surface area contributed by atoms with Crippen LogP contribution in [0.1, 0.15) is 12.5 Å². The summed E-state index contributed by atoms with van der Waals surface area (Å²) < 4.78 is 35.8. The number of hydrogen-bond donors (Lipinski definition) is 0. The van der Waals surface area contributed by atoms with Crippen molar-refractivity contribution in [3.05, 3.63) is 54.2 Å². The molecule has 5 nitrogen and oxygen atoms in total. The number of aryl methyl sites for hydroxylation is 1.